The second-order valence-corrected chi connectivity index (χ2v) is 10.3. The molecule has 0 saturated carbocycles. The van der Waals surface area contributed by atoms with Gasteiger partial charge in [0.1, 0.15) is 11.3 Å². The quantitative estimate of drug-likeness (QED) is 0.664. The monoisotopic (exact) mass is 479 g/mol. The molecule has 7 nitrogen and oxygen atoms in total. The Morgan fingerprint density at radius 1 is 1.06 bits per heavy atom. The molecule has 1 N–H and O–H groups in total. The standard InChI is InChI=1S/C26H26ClN3O4/c1-12-8-14(3)22-15(9-12)26(25(33)28-22)21-20(17-6-5-7-29(17)26)23(31)30(24(21)32)18-10-13(2)16(27)11-19(18)34-4/h8-11,17,20-21H,5-7H2,1-4H3,(H,28,33)/t17-,20+,21-,26+/m0/s1. The van der Waals surface area contributed by atoms with E-state index in [2.05, 4.69) is 10.2 Å². The number of nitrogens with one attached hydrogen (secondary N) is 1. The molecular weight excluding hydrogens is 454 g/mol. The van der Waals surface area contributed by atoms with Crippen molar-refractivity contribution in [1.82, 2.24) is 4.90 Å². The van der Waals surface area contributed by atoms with Crippen LogP contribution in [0, 0.1) is 32.6 Å². The highest BCUT2D eigenvalue weighted by atomic mass is 35.5. The molecule has 0 aliphatic carbocycles. The number of ether oxygens (including phenoxy) is 1. The number of aryl methyl sites for hydroxylation is 3. The van der Waals surface area contributed by atoms with Gasteiger partial charge in [0.05, 0.1) is 24.6 Å². The van der Waals surface area contributed by atoms with Crippen LogP contribution in [0.1, 0.15) is 35.1 Å². The Morgan fingerprint density at radius 3 is 2.56 bits per heavy atom. The molecule has 3 saturated heterocycles. The van der Waals surface area contributed by atoms with Crippen molar-refractivity contribution in [3.63, 3.8) is 0 Å². The van der Waals surface area contributed by atoms with Crippen LogP contribution in [0.25, 0.3) is 0 Å². The zero-order chi connectivity index (χ0) is 24.1. The Kier molecular flexibility index (Phi) is 4.49. The molecular formula is C26H26ClN3O4. The summed E-state index contributed by atoms with van der Waals surface area (Å²) in [5.74, 6) is -1.86. The summed E-state index contributed by atoms with van der Waals surface area (Å²) in [5, 5.41) is 3.57. The second-order valence-electron chi connectivity index (χ2n) is 9.92. The summed E-state index contributed by atoms with van der Waals surface area (Å²) in [7, 11) is 1.49. The highest BCUT2D eigenvalue weighted by molar-refractivity contribution is 6.32. The van der Waals surface area contributed by atoms with Crippen LogP contribution in [0.5, 0.6) is 5.75 Å². The van der Waals surface area contributed by atoms with E-state index >= 15 is 0 Å². The maximum atomic E-state index is 14.2. The van der Waals surface area contributed by atoms with E-state index in [1.54, 1.807) is 12.1 Å². The first-order valence-electron chi connectivity index (χ1n) is 11.6. The average molecular weight is 480 g/mol. The summed E-state index contributed by atoms with van der Waals surface area (Å²) in [6.45, 7) is 6.46. The number of rotatable bonds is 2. The predicted molar refractivity (Wildman–Crippen MR) is 128 cm³/mol. The van der Waals surface area contributed by atoms with Crippen LogP contribution < -0.4 is 15.0 Å². The van der Waals surface area contributed by atoms with Crippen molar-refractivity contribution in [1.29, 1.82) is 0 Å². The Hall–Kier alpha value is -2.90. The van der Waals surface area contributed by atoms with Gasteiger partial charge in [-0.2, -0.15) is 0 Å². The van der Waals surface area contributed by atoms with Gasteiger partial charge >= 0.3 is 0 Å². The Balaban J connectivity index is 1.58. The van der Waals surface area contributed by atoms with Crippen molar-refractivity contribution >= 4 is 40.7 Å². The molecule has 2 aromatic rings. The van der Waals surface area contributed by atoms with Gasteiger partial charge in [0.15, 0.2) is 0 Å². The fourth-order valence-corrected chi connectivity index (χ4v) is 7.04. The van der Waals surface area contributed by atoms with Gasteiger partial charge in [-0.25, -0.2) is 4.90 Å². The number of anilines is 2. The van der Waals surface area contributed by atoms with Crippen LogP contribution >= 0.6 is 11.6 Å². The van der Waals surface area contributed by atoms with Gasteiger partial charge in [0, 0.05) is 28.4 Å². The van der Waals surface area contributed by atoms with Gasteiger partial charge in [0.25, 0.3) is 0 Å². The highest BCUT2D eigenvalue weighted by Gasteiger charge is 2.74. The minimum absolute atomic E-state index is 0.164. The Bertz CT molecular complexity index is 1310. The molecule has 1 spiro atoms. The normalized spacial score (nSPS) is 29.6. The number of benzene rings is 2. The van der Waals surface area contributed by atoms with Gasteiger partial charge in [-0.3, -0.25) is 19.3 Å². The van der Waals surface area contributed by atoms with Crippen LogP contribution in [-0.2, 0) is 19.9 Å². The first kappa shape index (κ1) is 21.6. The van der Waals surface area contributed by atoms with E-state index in [0.717, 1.165) is 40.8 Å². The molecule has 0 radical (unpaired) electrons. The number of fused-ring (bicyclic) bond motifs is 7. The van der Waals surface area contributed by atoms with Crippen LogP contribution in [0.3, 0.4) is 0 Å². The molecule has 176 valence electrons. The van der Waals surface area contributed by atoms with Gasteiger partial charge in [-0.1, -0.05) is 29.3 Å². The lowest BCUT2D eigenvalue weighted by Gasteiger charge is -2.37. The summed E-state index contributed by atoms with van der Waals surface area (Å²) >= 11 is 6.29. The summed E-state index contributed by atoms with van der Waals surface area (Å²) in [5.41, 5.74) is 3.50. The van der Waals surface area contributed by atoms with Crippen molar-refractivity contribution in [3.05, 3.63) is 51.5 Å². The van der Waals surface area contributed by atoms with Gasteiger partial charge in [-0.05, 0) is 57.4 Å². The van der Waals surface area contributed by atoms with Crippen molar-refractivity contribution in [2.75, 3.05) is 23.9 Å². The molecule has 3 fully saturated rings. The lowest BCUT2D eigenvalue weighted by Crippen LogP contribution is -2.54. The zero-order valence-corrected chi connectivity index (χ0v) is 20.3. The molecule has 0 unspecified atom stereocenters. The van der Waals surface area contributed by atoms with E-state index < -0.39 is 17.4 Å². The largest absolute Gasteiger partial charge is 0.495 e. The van der Waals surface area contributed by atoms with Crippen LogP contribution in [0.2, 0.25) is 5.02 Å². The number of hydrogen-bond donors (Lipinski definition) is 1. The first-order valence-corrected chi connectivity index (χ1v) is 12.0. The Labute approximate surface area is 203 Å². The zero-order valence-electron chi connectivity index (χ0n) is 19.6. The van der Waals surface area contributed by atoms with E-state index in [1.165, 1.54) is 12.0 Å². The number of methoxy groups -OCH3 is 1. The third kappa shape index (κ3) is 2.44. The molecule has 8 heteroatoms. The van der Waals surface area contributed by atoms with E-state index in [9.17, 15) is 14.4 Å². The summed E-state index contributed by atoms with van der Waals surface area (Å²) < 4.78 is 5.50. The van der Waals surface area contributed by atoms with Crippen molar-refractivity contribution in [3.8, 4) is 5.75 Å². The minimum atomic E-state index is -1.19. The molecule has 0 aromatic heterocycles. The molecule has 6 rings (SSSR count). The maximum Gasteiger partial charge on any atom is 0.250 e. The van der Waals surface area contributed by atoms with E-state index in [1.807, 2.05) is 32.9 Å². The van der Waals surface area contributed by atoms with E-state index in [0.29, 0.717) is 23.0 Å². The van der Waals surface area contributed by atoms with Crippen LogP contribution in [0.15, 0.2) is 24.3 Å². The number of nitrogens with zero attached hydrogens (tertiary/aromatic N) is 2. The molecule has 34 heavy (non-hydrogen) atoms. The molecule has 3 amide bonds. The van der Waals surface area contributed by atoms with Crippen molar-refractivity contribution in [2.45, 2.75) is 45.2 Å². The second kappa shape index (κ2) is 7.06. The number of amides is 3. The molecule has 4 aliphatic rings. The Morgan fingerprint density at radius 2 is 1.82 bits per heavy atom. The molecule has 0 bridgehead atoms. The summed E-state index contributed by atoms with van der Waals surface area (Å²) in [6.07, 6.45) is 1.66. The van der Waals surface area contributed by atoms with Gasteiger partial charge < -0.3 is 10.1 Å². The molecule has 4 aliphatic heterocycles. The first-order chi connectivity index (χ1) is 16.2. The smallest absolute Gasteiger partial charge is 0.250 e. The molecule has 4 atom stereocenters. The van der Waals surface area contributed by atoms with Crippen molar-refractivity contribution < 1.29 is 19.1 Å². The van der Waals surface area contributed by atoms with Crippen LogP contribution in [-0.4, -0.2) is 42.3 Å². The fraction of sp³-hybridized carbons (Fsp3) is 0.423. The highest BCUT2D eigenvalue weighted by Crippen LogP contribution is 2.61. The average Bonchev–Trinajstić information content (AvgIpc) is 3.49. The predicted octanol–water partition coefficient (Wildman–Crippen LogP) is 3.71. The number of hydrogen-bond acceptors (Lipinski definition) is 5. The topological polar surface area (TPSA) is 78.9 Å². The minimum Gasteiger partial charge on any atom is -0.495 e. The molecule has 2 aromatic carbocycles. The van der Waals surface area contributed by atoms with E-state index in [-0.39, 0.29) is 23.8 Å². The SMILES string of the molecule is COc1cc(Cl)c(C)cc1N1C(=O)[C@H]2[C@@H](C1=O)[C@]1(C(=O)Nc3c(C)cc(C)cc31)N1CCC[C@@H]21. The van der Waals surface area contributed by atoms with E-state index in [4.69, 9.17) is 16.3 Å². The third-order valence-electron chi connectivity index (χ3n) is 8.14. The van der Waals surface area contributed by atoms with Gasteiger partial charge in [0.2, 0.25) is 17.7 Å². The van der Waals surface area contributed by atoms with Gasteiger partial charge in [-0.15, -0.1) is 0 Å². The van der Waals surface area contributed by atoms with Crippen LogP contribution in [0.4, 0.5) is 11.4 Å². The lowest BCUT2D eigenvalue weighted by molar-refractivity contribution is -0.135. The number of carbonyl (C=O) groups is 3. The van der Waals surface area contributed by atoms with Crippen molar-refractivity contribution in [2.24, 2.45) is 11.8 Å². The third-order valence-corrected chi connectivity index (χ3v) is 8.55. The maximum absolute atomic E-state index is 14.2. The molecule has 4 heterocycles. The number of halogens is 1. The number of carbonyl (C=O) groups excluding carboxylic acids is 3. The lowest BCUT2D eigenvalue weighted by atomic mass is 9.75. The fourth-order valence-electron chi connectivity index (χ4n) is 6.88. The number of imide groups is 1. The summed E-state index contributed by atoms with van der Waals surface area (Å²) in [6, 6.07) is 7.22. The summed E-state index contributed by atoms with van der Waals surface area (Å²) in [4.78, 5) is 45.4.